The maximum Gasteiger partial charge on any atom is 0.333 e. The topological polar surface area (TPSA) is 55.8 Å². The molecule has 1 N–H and O–H groups in total. The smallest absolute Gasteiger partial charge is 0.333 e. The van der Waals surface area contributed by atoms with Gasteiger partial charge in [0.1, 0.15) is 12.4 Å². The van der Waals surface area contributed by atoms with Crippen molar-refractivity contribution in [2.75, 3.05) is 13.2 Å². The molecule has 0 heterocycles. The van der Waals surface area contributed by atoms with Gasteiger partial charge in [-0.15, -0.1) is 0 Å². The summed E-state index contributed by atoms with van der Waals surface area (Å²) in [7, 11) is 0. The van der Waals surface area contributed by atoms with E-state index in [4.69, 9.17) is 9.47 Å². The molecule has 0 bridgehead atoms. The fourth-order valence-corrected chi connectivity index (χ4v) is 2.84. The number of esters is 1. The molecule has 0 saturated carbocycles. The Kier molecular flexibility index (Phi) is 5.24. The number of carbonyl (C=O) groups is 1. The lowest BCUT2D eigenvalue weighted by atomic mass is 10.0. The summed E-state index contributed by atoms with van der Waals surface area (Å²) in [5.74, 6) is 0.192. The summed E-state index contributed by atoms with van der Waals surface area (Å²) in [6.45, 7) is 6.90. The second-order valence-electron chi connectivity index (χ2n) is 6.45. The third-order valence-electron chi connectivity index (χ3n) is 4.21. The molecule has 0 aliphatic carbocycles. The van der Waals surface area contributed by atoms with Crippen molar-refractivity contribution in [1.29, 1.82) is 0 Å². The number of aliphatic hydroxyl groups excluding tert-OH is 1. The van der Waals surface area contributed by atoms with E-state index in [0.29, 0.717) is 0 Å². The van der Waals surface area contributed by atoms with Crippen LogP contribution in [0.25, 0.3) is 21.5 Å². The Morgan fingerprint density at radius 2 is 1.85 bits per heavy atom. The number of ether oxygens (including phenoxy) is 2. The molecule has 0 saturated heterocycles. The van der Waals surface area contributed by atoms with Gasteiger partial charge in [-0.25, -0.2) is 4.79 Å². The van der Waals surface area contributed by atoms with Gasteiger partial charge in [0, 0.05) is 16.3 Å². The van der Waals surface area contributed by atoms with Crippen LogP contribution in [0.5, 0.6) is 5.75 Å². The molecule has 0 aromatic heterocycles. The standard InChI is InChI=1S/C22H22O4/c1-14(2)22(24)26-18(12-23)13-25-21-19-7-5-4-6-16(19)11-17-9-8-15(3)10-20(17)21/h4-11,18,23H,1,12-13H2,2-3H3. The zero-order valence-corrected chi connectivity index (χ0v) is 15.0. The van der Waals surface area contributed by atoms with Crippen LogP contribution in [0.3, 0.4) is 0 Å². The van der Waals surface area contributed by atoms with Gasteiger partial charge < -0.3 is 14.6 Å². The van der Waals surface area contributed by atoms with Crippen molar-refractivity contribution in [3.05, 3.63) is 66.2 Å². The molecule has 3 rings (SSSR count). The van der Waals surface area contributed by atoms with E-state index in [0.717, 1.165) is 32.9 Å². The molecule has 26 heavy (non-hydrogen) atoms. The lowest BCUT2D eigenvalue weighted by Gasteiger charge is -2.19. The molecule has 0 spiro atoms. The Morgan fingerprint density at radius 1 is 1.12 bits per heavy atom. The van der Waals surface area contributed by atoms with Crippen LogP contribution < -0.4 is 4.74 Å². The van der Waals surface area contributed by atoms with E-state index in [1.807, 2.05) is 31.2 Å². The highest BCUT2D eigenvalue weighted by Crippen LogP contribution is 2.35. The first-order valence-corrected chi connectivity index (χ1v) is 8.52. The van der Waals surface area contributed by atoms with Crippen LogP contribution >= 0.6 is 0 Å². The van der Waals surface area contributed by atoms with E-state index in [-0.39, 0.29) is 18.8 Å². The van der Waals surface area contributed by atoms with Crippen molar-refractivity contribution in [3.8, 4) is 5.75 Å². The molecule has 0 aliphatic heterocycles. The minimum atomic E-state index is -0.752. The Morgan fingerprint density at radius 3 is 2.58 bits per heavy atom. The van der Waals surface area contributed by atoms with Gasteiger partial charge in [0.05, 0.1) is 6.61 Å². The number of hydrogen-bond acceptors (Lipinski definition) is 4. The third-order valence-corrected chi connectivity index (χ3v) is 4.21. The molecule has 134 valence electrons. The first-order chi connectivity index (χ1) is 12.5. The number of aryl methyl sites for hydroxylation is 1. The summed E-state index contributed by atoms with van der Waals surface area (Å²) >= 11 is 0. The summed E-state index contributed by atoms with van der Waals surface area (Å²) in [6.07, 6.45) is -0.752. The maximum atomic E-state index is 11.7. The van der Waals surface area contributed by atoms with Crippen LogP contribution in [0.1, 0.15) is 12.5 Å². The van der Waals surface area contributed by atoms with Crippen molar-refractivity contribution in [1.82, 2.24) is 0 Å². The first-order valence-electron chi connectivity index (χ1n) is 8.52. The van der Waals surface area contributed by atoms with Crippen molar-refractivity contribution < 1.29 is 19.4 Å². The normalized spacial score (nSPS) is 12.1. The molecule has 3 aromatic rings. The summed E-state index contributed by atoms with van der Waals surface area (Å²) in [5, 5.41) is 13.6. The highest BCUT2D eigenvalue weighted by molar-refractivity contribution is 6.05. The van der Waals surface area contributed by atoms with Crippen LogP contribution in [-0.4, -0.2) is 30.4 Å². The SMILES string of the molecule is C=C(C)C(=O)OC(CO)COc1c2ccccc2cc2ccc(C)cc12. The summed E-state index contributed by atoms with van der Waals surface area (Å²) in [4.78, 5) is 11.7. The number of aliphatic hydroxyl groups is 1. The molecule has 3 aromatic carbocycles. The summed E-state index contributed by atoms with van der Waals surface area (Å²) in [6, 6.07) is 16.3. The van der Waals surface area contributed by atoms with E-state index in [1.165, 1.54) is 0 Å². The summed E-state index contributed by atoms with van der Waals surface area (Å²) < 4.78 is 11.3. The van der Waals surface area contributed by atoms with Gasteiger partial charge in [-0.2, -0.15) is 0 Å². The number of fused-ring (bicyclic) bond motifs is 2. The lowest BCUT2D eigenvalue weighted by molar-refractivity contribution is -0.147. The maximum absolute atomic E-state index is 11.7. The van der Waals surface area contributed by atoms with E-state index in [1.54, 1.807) is 6.92 Å². The van der Waals surface area contributed by atoms with Gasteiger partial charge in [-0.1, -0.05) is 48.5 Å². The van der Waals surface area contributed by atoms with Gasteiger partial charge in [-0.3, -0.25) is 0 Å². The Labute approximate surface area is 152 Å². The second kappa shape index (κ2) is 7.58. The van der Waals surface area contributed by atoms with Crippen LogP contribution in [0.15, 0.2) is 60.7 Å². The molecule has 4 heteroatoms. The van der Waals surface area contributed by atoms with Gasteiger partial charge in [-0.05, 0) is 36.8 Å². The highest BCUT2D eigenvalue weighted by Gasteiger charge is 2.17. The molecule has 1 atom stereocenters. The van der Waals surface area contributed by atoms with Crippen LogP contribution in [0.4, 0.5) is 0 Å². The lowest BCUT2D eigenvalue weighted by Crippen LogP contribution is -2.28. The van der Waals surface area contributed by atoms with Crippen LogP contribution in [-0.2, 0) is 9.53 Å². The predicted octanol–water partition coefficient (Wildman–Crippen LogP) is 4.16. The zero-order chi connectivity index (χ0) is 18.7. The van der Waals surface area contributed by atoms with Crippen molar-refractivity contribution in [2.45, 2.75) is 20.0 Å². The van der Waals surface area contributed by atoms with Crippen molar-refractivity contribution in [3.63, 3.8) is 0 Å². The molecule has 0 radical (unpaired) electrons. The average Bonchev–Trinajstić information content (AvgIpc) is 2.63. The molecular weight excluding hydrogens is 328 g/mol. The Hall–Kier alpha value is -2.85. The molecule has 0 fully saturated rings. The summed E-state index contributed by atoms with van der Waals surface area (Å²) in [5.41, 5.74) is 1.42. The van der Waals surface area contributed by atoms with E-state index in [2.05, 4.69) is 30.8 Å². The van der Waals surface area contributed by atoms with Crippen LogP contribution in [0, 0.1) is 6.92 Å². The highest BCUT2D eigenvalue weighted by atomic mass is 16.6. The van der Waals surface area contributed by atoms with E-state index >= 15 is 0 Å². The fourth-order valence-electron chi connectivity index (χ4n) is 2.84. The molecule has 1 unspecified atom stereocenters. The number of rotatable bonds is 6. The average molecular weight is 350 g/mol. The first kappa shape index (κ1) is 18.0. The Balaban J connectivity index is 1.97. The Bertz CT molecular complexity index is 974. The van der Waals surface area contributed by atoms with E-state index < -0.39 is 12.1 Å². The number of benzene rings is 3. The van der Waals surface area contributed by atoms with Gasteiger partial charge in [0.2, 0.25) is 0 Å². The molecular formula is C22H22O4. The number of hydrogen-bond donors (Lipinski definition) is 1. The van der Waals surface area contributed by atoms with Crippen molar-refractivity contribution >= 4 is 27.5 Å². The third kappa shape index (κ3) is 3.70. The predicted molar refractivity (Wildman–Crippen MR) is 103 cm³/mol. The number of carbonyl (C=O) groups excluding carboxylic acids is 1. The zero-order valence-electron chi connectivity index (χ0n) is 15.0. The minimum Gasteiger partial charge on any atom is -0.488 e. The van der Waals surface area contributed by atoms with Gasteiger partial charge in [0.25, 0.3) is 0 Å². The minimum absolute atomic E-state index is 0.0621. The monoisotopic (exact) mass is 350 g/mol. The molecule has 0 aliphatic rings. The molecule has 0 amide bonds. The molecule has 4 nitrogen and oxygen atoms in total. The van der Waals surface area contributed by atoms with Crippen molar-refractivity contribution in [2.24, 2.45) is 0 Å². The largest absolute Gasteiger partial charge is 0.488 e. The van der Waals surface area contributed by atoms with E-state index in [9.17, 15) is 9.90 Å². The second-order valence-corrected chi connectivity index (χ2v) is 6.45. The van der Waals surface area contributed by atoms with Gasteiger partial charge >= 0.3 is 5.97 Å². The quantitative estimate of drug-likeness (QED) is 0.412. The van der Waals surface area contributed by atoms with Crippen LogP contribution in [0.2, 0.25) is 0 Å². The van der Waals surface area contributed by atoms with Gasteiger partial charge in [0.15, 0.2) is 6.10 Å². The fraction of sp³-hybridized carbons (Fsp3) is 0.227.